The number of fused-ring (bicyclic) bond motifs is 1. The van der Waals surface area contributed by atoms with Crippen molar-refractivity contribution in [3.8, 4) is 11.5 Å². The summed E-state index contributed by atoms with van der Waals surface area (Å²) in [6.45, 7) is 0.265. The maximum absolute atomic E-state index is 13.6. The molecule has 0 fully saturated rings. The summed E-state index contributed by atoms with van der Waals surface area (Å²) >= 11 is 1.22. The molecule has 0 atom stereocenters. The minimum Gasteiger partial charge on any atom is -0.486 e. The number of hydrazine groups is 1. The first-order valence-electron chi connectivity index (χ1n) is 10.0. The van der Waals surface area contributed by atoms with Crippen molar-refractivity contribution in [2.45, 2.75) is 9.92 Å². The molecule has 1 aliphatic heterocycles. The van der Waals surface area contributed by atoms with Crippen LogP contribution in [0.3, 0.4) is 0 Å². The lowest BCUT2D eigenvalue weighted by molar-refractivity contribution is -0.125. The normalized spacial score (nSPS) is 11.9. The van der Waals surface area contributed by atoms with E-state index in [0.717, 1.165) is 11.0 Å². The van der Waals surface area contributed by atoms with E-state index in [1.54, 1.807) is 18.2 Å². The zero-order valence-corrected chi connectivity index (χ0v) is 18.4. The summed E-state index contributed by atoms with van der Waals surface area (Å²) in [5.74, 6) is -1.91. The molecule has 0 radical (unpaired) electrons. The molecule has 2 aromatic carbocycles. The number of amides is 2. The second-order valence-corrected chi connectivity index (χ2v) is 7.88. The van der Waals surface area contributed by atoms with Crippen LogP contribution in [0.5, 0.6) is 11.5 Å². The van der Waals surface area contributed by atoms with E-state index < -0.39 is 30.2 Å². The Balaban J connectivity index is 1.33. The number of carbonyl (C=O) groups is 3. The summed E-state index contributed by atoms with van der Waals surface area (Å²) in [4.78, 5) is 41.5. The number of ether oxygens (including phenoxy) is 3. The van der Waals surface area contributed by atoms with Gasteiger partial charge in [-0.1, -0.05) is 23.9 Å². The Morgan fingerprint density at radius 3 is 2.56 bits per heavy atom. The fourth-order valence-electron chi connectivity index (χ4n) is 2.91. The molecule has 1 aliphatic rings. The third-order valence-electron chi connectivity index (χ3n) is 4.49. The van der Waals surface area contributed by atoms with Gasteiger partial charge in [-0.25, -0.2) is 14.2 Å². The molecule has 11 heteroatoms. The molecule has 4 rings (SSSR count). The highest BCUT2D eigenvalue weighted by Crippen LogP contribution is 2.37. The van der Waals surface area contributed by atoms with Gasteiger partial charge in [0.05, 0.1) is 11.1 Å². The Morgan fingerprint density at radius 1 is 0.971 bits per heavy atom. The number of nitrogens with one attached hydrogen (secondary N) is 2. The summed E-state index contributed by atoms with van der Waals surface area (Å²) in [6, 6.07) is 13.8. The molecule has 9 nitrogen and oxygen atoms in total. The van der Waals surface area contributed by atoms with Gasteiger partial charge in [0.25, 0.3) is 11.8 Å². The molecular weight excluding hydrogens is 465 g/mol. The summed E-state index contributed by atoms with van der Waals surface area (Å²) in [5.41, 5.74) is 4.05. The van der Waals surface area contributed by atoms with E-state index in [1.807, 2.05) is 6.07 Å². The number of rotatable bonds is 6. The van der Waals surface area contributed by atoms with Crippen molar-refractivity contribution in [1.29, 1.82) is 0 Å². The van der Waals surface area contributed by atoms with E-state index >= 15 is 0 Å². The summed E-state index contributed by atoms with van der Waals surface area (Å²) in [5, 5.41) is 0.373. The van der Waals surface area contributed by atoms with Crippen LogP contribution in [0.2, 0.25) is 0 Å². The van der Waals surface area contributed by atoms with Gasteiger partial charge in [-0.15, -0.1) is 0 Å². The molecule has 0 saturated carbocycles. The minimum atomic E-state index is -0.844. The Labute approximate surface area is 197 Å². The molecule has 174 valence electrons. The summed E-state index contributed by atoms with van der Waals surface area (Å²) < 4.78 is 29.7. The number of esters is 1. The van der Waals surface area contributed by atoms with Crippen LogP contribution in [0.25, 0.3) is 0 Å². The van der Waals surface area contributed by atoms with Crippen LogP contribution in [-0.2, 0) is 9.53 Å². The Hall–Kier alpha value is -4.12. The van der Waals surface area contributed by atoms with Gasteiger partial charge in [0.15, 0.2) is 18.1 Å². The number of halogens is 1. The number of pyridine rings is 1. The van der Waals surface area contributed by atoms with Crippen molar-refractivity contribution < 1.29 is 33.0 Å². The second-order valence-electron chi connectivity index (χ2n) is 6.82. The van der Waals surface area contributed by atoms with Crippen LogP contribution in [0.4, 0.5) is 4.39 Å². The molecule has 0 saturated heterocycles. The average Bonchev–Trinajstić information content (AvgIpc) is 2.86. The van der Waals surface area contributed by atoms with E-state index in [-0.39, 0.29) is 11.1 Å². The van der Waals surface area contributed by atoms with Gasteiger partial charge in [-0.3, -0.25) is 20.4 Å². The van der Waals surface area contributed by atoms with Gasteiger partial charge in [0, 0.05) is 11.1 Å². The van der Waals surface area contributed by atoms with Crippen molar-refractivity contribution >= 4 is 29.5 Å². The molecule has 2 heterocycles. The topological polar surface area (TPSA) is 116 Å². The lowest BCUT2D eigenvalue weighted by atomic mass is 10.2. The van der Waals surface area contributed by atoms with Crippen LogP contribution in [0, 0.1) is 5.82 Å². The molecule has 2 N–H and O–H groups in total. The van der Waals surface area contributed by atoms with E-state index in [2.05, 4.69) is 15.8 Å². The number of benzene rings is 2. The zero-order valence-electron chi connectivity index (χ0n) is 17.6. The zero-order chi connectivity index (χ0) is 23.9. The minimum absolute atomic E-state index is 0.158. The molecule has 0 bridgehead atoms. The standard InChI is InChI=1S/C23H18FN3O6S/c24-17-6-2-1-4-15(17)21(29)27-26-20(28)13-33-23(30)16-5-3-9-25-22(16)34-14-7-8-18-19(12-14)32-11-10-31-18/h1-9,12H,10-11,13H2,(H,26,28)(H,27,29). The van der Waals surface area contributed by atoms with Crippen molar-refractivity contribution in [2.75, 3.05) is 19.8 Å². The number of nitrogens with zero attached hydrogens (tertiary/aromatic N) is 1. The fourth-order valence-corrected chi connectivity index (χ4v) is 3.81. The van der Waals surface area contributed by atoms with Crippen LogP contribution >= 0.6 is 11.8 Å². The molecule has 1 aromatic heterocycles. The summed E-state index contributed by atoms with van der Waals surface area (Å²) in [7, 11) is 0. The van der Waals surface area contributed by atoms with E-state index in [4.69, 9.17) is 14.2 Å². The lowest BCUT2D eigenvalue weighted by Crippen LogP contribution is -2.43. The Bertz CT molecular complexity index is 1240. The molecule has 0 spiro atoms. The van der Waals surface area contributed by atoms with Crippen molar-refractivity contribution in [3.05, 3.63) is 77.7 Å². The van der Waals surface area contributed by atoms with Crippen LogP contribution in [0.1, 0.15) is 20.7 Å². The molecule has 0 aliphatic carbocycles. The predicted octanol–water partition coefficient (Wildman–Crippen LogP) is 2.76. The molecule has 3 aromatic rings. The molecule has 0 unspecified atom stereocenters. The average molecular weight is 483 g/mol. The first-order valence-corrected chi connectivity index (χ1v) is 10.9. The van der Waals surface area contributed by atoms with Gasteiger partial charge in [0.2, 0.25) is 0 Å². The van der Waals surface area contributed by atoms with Crippen molar-refractivity contribution in [3.63, 3.8) is 0 Å². The third-order valence-corrected chi connectivity index (χ3v) is 5.50. The van der Waals surface area contributed by atoms with Crippen molar-refractivity contribution in [2.24, 2.45) is 0 Å². The maximum atomic E-state index is 13.6. The first kappa shape index (κ1) is 23.1. The van der Waals surface area contributed by atoms with Crippen molar-refractivity contribution in [1.82, 2.24) is 15.8 Å². The van der Waals surface area contributed by atoms with Gasteiger partial charge in [0.1, 0.15) is 24.1 Å². The highest BCUT2D eigenvalue weighted by atomic mass is 32.2. The highest BCUT2D eigenvalue weighted by molar-refractivity contribution is 7.99. The highest BCUT2D eigenvalue weighted by Gasteiger charge is 2.19. The summed E-state index contributed by atoms with van der Waals surface area (Å²) in [6.07, 6.45) is 1.53. The monoisotopic (exact) mass is 483 g/mol. The molecule has 34 heavy (non-hydrogen) atoms. The van der Waals surface area contributed by atoms with Gasteiger partial charge in [-0.2, -0.15) is 0 Å². The van der Waals surface area contributed by atoms with Gasteiger partial charge < -0.3 is 14.2 Å². The quantitative estimate of drug-likeness (QED) is 0.406. The van der Waals surface area contributed by atoms with E-state index in [1.165, 1.54) is 42.2 Å². The van der Waals surface area contributed by atoms with Crippen LogP contribution in [0.15, 0.2) is 70.7 Å². The van der Waals surface area contributed by atoms with E-state index in [0.29, 0.717) is 29.7 Å². The number of carbonyl (C=O) groups excluding carboxylic acids is 3. The predicted molar refractivity (Wildman–Crippen MR) is 118 cm³/mol. The molecular formula is C23H18FN3O6S. The third kappa shape index (κ3) is 5.62. The lowest BCUT2D eigenvalue weighted by Gasteiger charge is -2.18. The second kappa shape index (κ2) is 10.7. The fraction of sp³-hybridized carbons (Fsp3) is 0.130. The number of hydrogen-bond acceptors (Lipinski definition) is 8. The van der Waals surface area contributed by atoms with Gasteiger partial charge >= 0.3 is 5.97 Å². The van der Waals surface area contributed by atoms with E-state index in [9.17, 15) is 18.8 Å². The SMILES string of the molecule is O=C(COC(=O)c1cccnc1Sc1ccc2c(c1)OCCO2)NNC(=O)c1ccccc1F. The largest absolute Gasteiger partial charge is 0.486 e. The number of aromatic nitrogens is 1. The Kier molecular flexibility index (Phi) is 7.23. The smallest absolute Gasteiger partial charge is 0.341 e. The van der Waals surface area contributed by atoms with Crippen LogP contribution < -0.4 is 20.3 Å². The van der Waals surface area contributed by atoms with Crippen LogP contribution in [-0.4, -0.2) is 42.6 Å². The Morgan fingerprint density at radius 2 is 1.74 bits per heavy atom. The first-order chi connectivity index (χ1) is 16.5. The number of hydrogen-bond donors (Lipinski definition) is 2. The molecule has 2 amide bonds. The van der Waals surface area contributed by atoms with Gasteiger partial charge in [-0.05, 0) is 42.5 Å². The maximum Gasteiger partial charge on any atom is 0.341 e.